The van der Waals surface area contributed by atoms with Crippen LogP contribution in [0.1, 0.15) is 40.5 Å². The average molecular weight is 424 g/mol. The van der Waals surface area contributed by atoms with E-state index in [0.717, 1.165) is 16.0 Å². The van der Waals surface area contributed by atoms with Crippen LogP contribution < -0.4 is 0 Å². The lowest BCUT2D eigenvalue weighted by Gasteiger charge is -2.38. The Bertz CT molecular complexity index is 1110. The fourth-order valence-electron chi connectivity index (χ4n) is 3.84. The number of rotatable bonds is 4. The molecule has 4 rings (SSSR count). The predicted molar refractivity (Wildman–Crippen MR) is 120 cm³/mol. The molecule has 2 atom stereocenters. The Balaban J connectivity index is 1.76. The first kappa shape index (κ1) is 20.2. The molecule has 0 radical (unpaired) electrons. The Hall–Kier alpha value is -2.08. The van der Waals surface area contributed by atoms with Crippen molar-refractivity contribution in [1.29, 1.82) is 0 Å². The van der Waals surface area contributed by atoms with Crippen LogP contribution in [0.2, 0.25) is 0 Å². The molecule has 3 nitrogen and oxygen atoms in total. The first-order chi connectivity index (χ1) is 13.9. The number of nitrogens with zero attached hydrogens (tertiary/aromatic N) is 1. The summed E-state index contributed by atoms with van der Waals surface area (Å²) in [6, 6.07) is 23.5. The zero-order valence-corrected chi connectivity index (χ0v) is 18.5. The van der Waals surface area contributed by atoms with E-state index in [1.165, 1.54) is 11.1 Å². The molecule has 0 fully saturated rings. The van der Waals surface area contributed by atoms with Crippen LogP contribution in [0.4, 0.5) is 0 Å². The Morgan fingerprint density at radius 3 is 2.21 bits per heavy atom. The quantitative estimate of drug-likeness (QED) is 0.524. The van der Waals surface area contributed by atoms with Crippen molar-refractivity contribution in [3.63, 3.8) is 0 Å². The van der Waals surface area contributed by atoms with Crippen LogP contribution in [-0.4, -0.2) is 19.3 Å². The van der Waals surface area contributed by atoms with Crippen LogP contribution in [0, 0.1) is 13.8 Å². The Morgan fingerprint density at radius 1 is 0.862 bits per heavy atom. The molecule has 1 aliphatic heterocycles. The van der Waals surface area contributed by atoms with E-state index in [0.29, 0.717) is 11.4 Å². The van der Waals surface area contributed by atoms with Gasteiger partial charge in [0, 0.05) is 22.7 Å². The molecule has 1 aliphatic rings. The van der Waals surface area contributed by atoms with Crippen molar-refractivity contribution in [1.82, 2.24) is 4.31 Å². The molecule has 29 heavy (non-hydrogen) atoms. The largest absolute Gasteiger partial charge is 0.243 e. The topological polar surface area (TPSA) is 37.4 Å². The second-order valence-electron chi connectivity index (χ2n) is 7.62. The highest BCUT2D eigenvalue weighted by Gasteiger charge is 2.38. The van der Waals surface area contributed by atoms with E-state index in [1.54, 1.807) is 28.2 Å². The van der Waals surface area contributed by atoms with Gasteiger partial charge in [-0.15, -0.1) is 11.8 Å². The third-order valence-corrected chi connectivity index (χ3v) is 8.65. The van der Waals surface area contributed by atoms with Crippen LogP contribution in [0.25, 0.3) is 0 Å². The van der Waals surface area contributed by atoms with E-state index in [9.17, 15) is 8.42 Å². The lowest BCUT2D eigenvalue weighted by molar-refractivity contribution is 0.323. The van der Waals surface area contributed by atoms with Crippen LogP contribution in [0.3, 0.4) is 0 Å². The van der Waals surface area contributed by atoms with Crippen LogP contribution in [0.15, 0.2) is 82.6 Å². The number of hydrogen-bond donors (Lipinski definition) is 0. The summed E-state index contributed by atoms with van der Waals surface area (Å²) in [4.78, 5) is 1.50. The van der Waals surface area contributed by atoms with Gasteiger partial charge in [0.1, 0.15) is 0 Å². The maximum atomic E-state index is 13.5. The van der Waals surface area contributed by atoms with E-state index < -0.39 is 10.0 Å². The number of sulfonamides is 1. The molecular formula is C24H25NO2S2. The second kappa shape index (κ2) is 7.98. The summed E-state index contributed by atoms with van der Waals surface area (Å²) in [5.41, 5.74) is 4.58. The molecule has 0 amide bonds. The van der Waals surface area contributed by atoms with Gasteiger partial charge in [-0.25, -0.2) is 8.42 Å². The Morgan fingerprint density at radius 2 is 1.52 bits per heavy atom. The summed E-state index contributed by atoms with van der Waals surface area (Å²) in [5.74, 6) is 0. The SMILES string of the molecule is Cc1ccc(S(=O)(=O)N2CC(Sc3ccccc3)c3cc(C)ccc3C2C)cc1. The van der Waals surface area contributed by atoms with E-state index in [-0.39, 0.29) is 11.3 Å². The highest BCUT2D eigenvalue weighted by molar-refractivity contribution is 7.99. The summed E-state index contributed by atoms with van der Waals surface area (Å²) >= 11 is 1.73. The minimum absolute atomic E-state index is 0.0451. The highest BCUT2D eigenvalue weighted by Crippen LogP contribution is 2.46. The van der Waals surface area contributed by atoms with Crippen LogP contribution in [0.5, 0.6) is 0 Å². The minimum atomic E-state index is -3.59. The lowest BCUT2D eigenvalue weighted by atomic mass is 9.93. The van der Waals surface area contributed by atoms with Crippen molar-refractivity contribution >= 4 is 21.8 Å². The van der Waals surface area contributed by atoms with Crippen molar-refractivity contribution in [2.24, 2.45) is 0 Å². The number of hydrogen-bond acceptors (Lipinski definition) is 3. The van der Waals surface area contributed by atoms with Crippen molar-refractivity contribution in [2.45, 2.75) is 41.9 Å². The van der Waals surface area contributed by atoms with Crippen molar-refractivity contribution in [3.8, 4) is 0 Å². The summed E-state index contributed by atoms with van der Waals surface area (Å²) in [6.07, 6.45) is 0. The molecule has 150 valence electrons. The molecule has 2 unspecified atom stereocenters. The van der Waals surface area contributed by atoms with Gasteiger partial charge in [-0.05, 0) is 56.2 Å². The molecular weight excluding hydrogens is 398 g/mol. The Kier molecular flexibility index (Phi) is 5.56. The first-order valence-electron chi connectivity index (χ1n) is 9.77. The third-order valence-electron chi connectivity index (χ3n) is 5.47. The number of thioether (sulfide) groups is 1. The summed E-state index contributed by atoms with van der Waals surface area (Å²) in [7, 11) is -3.59. The Labute approximate surface area is 177 Å². The van der Waals surface area contributed by atoms with E-state index in [2.05, 4.69) is 37.3 Å². The molecule has 0 bridgehead atoms. The maximum absolute atomic E-state index is 13.5. The zero-order chi connectivity index (χ0) is 20.6. The molecule has 1 heterocycles. The second-order valence-corrected chi connectivity index (χ2v) is 10.8. The van der Waals surface area contributed by atoms with Gasteiger partial charge in [0.25, 0.3) is 0 Å². The zero-order valence-electron chi connectivity index (χ0n) is 16.9. The van der Waals surface area contributed by atoms with Gasteiger partial charge < -0.3 is 0 Å². The first-order valence-corrected chi connectivity index (χ1v) is 12.1. The highest BCUT2D eigenvalue weighted by atomic mass is 32.2. The number of aryl methyl sites for hydroxylation is 2. The summed E-state index contributed by atoms with van der Waals surface area (Å²) in [5, 5.41) is 0.0451. The maximum Gasteiger partial charge on any atom is 0.243 e. The van der Waals surface area contributed by atoms with E-state index in [1.807, 2.05) is 44.2 Å². The smallest absolute Gasteiger partial charge is 0.207 e. The van der Waals surface area contributed by atoms with Crippen molar-refractivity contribution < 1.29 is 8.42 Å². The standard InChI is InChI=1S/C24H25NO2S2/c1-17-9-12-21(13-10-17)29(26,27)25-16-24(28-20-7-5-4-6-8-20)23-15-18(2)11-14-22(23)19(25)3/h4-15,19,24H,16H2,1-3H3. The molecule has 0 saturated carbocycles. The molecule has 3 aromatic carbocycles. The lowest BCUT2D eigenvalue weighted by Crippen LogP contribution is -2.40. The van der Waals surface area contributed by atoms with Gasteiger partial charge >= 0.3 is 0 Å². The fourth-order valence-corrected chi connectivity index (χ4v) is 6.77. The van der Waals surface area contributed by atoms with Gasteiger partial charge in [0.05, 0.1) is 4.90 Å². The van der Waals surface area contributed by atoms with Gasteiger partial charge in [-0.3, -0.25) is 0 Å². The van der Waals surface area contributed by atoms with Gasteiger partial charge in [-0.2, -0.15) is 4.31 Å². The molecule has 0 aliphatic carbocycles. The monoisotopic (exact) mass is 423 g/mol. The summed E-state index contributed by atoms with van der Waals surface area (Å²) < 4.78 is 28.7. The van der Waals surface area contributed by atoms with Crippen LogP contribution in [-0.2, 0) is 10.0 Å². The van der Waals surface area contributed by atoms with E-state index >= 15 is 0 Å². The predicted octanol–water partition coefficient (Wildman–Crippen LogP) is 5.90. The molecule has 3 aromatic rings. The molecule has 5 heteroatoms. The number of fused-ring (bicyclic) bond motifs is 1. The molecule has 0 N–H and O–H groups in total. The van der Waals surface area contributed by atoms with Gasteiger partial charge in [-0.1, -0.05) is 59.7 Å². The van der Waals surface area contributed by atoms with E-state index in [4.69, 9.17) is 0 Å². The van der Waals surface area contributed by atoms with Crippen molar-refractivity contribution in [3.05, 3.63) is 95.1 Å². The molecule has 0 saturated heterocycles. The van der Waals surface area contributed by atoms with Crippen molar-refractivity contribution in [2.75, 3.05) is 6.54 Å². The molecule has 0 spiro atoms. The normalized spacial score (nSPS) is 19.7. The minimum Gasteiger partial charge on any atom is -0.207 e. The third kappa shape index (κ3) is 4.00. The fraction of sp³-hybridized carbons (Fsp3) is 0.250. The average Bonchev–Trinajstić information content (AvgIpc) is 2.71. The molecule has 0 aromatic heterocycles. The summed E-state index contributed by atoms with van der Waals surface area (Å²) in [6.45, 7) is 6.49. The number of benzene rings is 3. The van der Waals surface area contributed by atoms with Crippen LogP contribution >= 0.6 is 11.8 Å². The van der Waals surface area contributed by atoms with Gasteiger partial charge in [0.2, 0.25) is 10.0 Å². The van der Waals surface area contributed by atoms with Gasteiger partial charge in [0.15, 0.2) is 0 Å².